The van der Waals surface area contributed by atoms with Crippen LogP contribution in [0.25, 0.3) is 0 Å². The molecule has 0 spiro atoms. The third-order valence-corrected chi connectivity index (χ3v) is 3.23. The Balaban J connectivity index is 1.95. The lowest BCUT2D eigenvalue weighted by molar-refractivity contribution is 0.175. The van der Waals surface area contributed by atoms with E-state index in [0.717, 1.165) is 16.9 Å². The normalized spacial score (nSPS) is 12.2. The molecule has 1 N–H and O–H groups in total. The van der Waals surface area contributed by atoms with Gasteiger partial charge in [0.05, 0.1) is 13.2 Å². The van der Waals surface area contributed by atoms with Crippen LogP contribution in [-0.4, -0.2) is 18.3 Å². The van der Waals surface area contributed by atoms with Crippen molar-refractivity contribution in [2.75, 3.05) is 7.11 Å². The van der Waals surface area contributed by atoms with Crippen molar-refractivity contribution in [2.45, 2.75) is 18.9 Å². The summed E-state index contributed by atoms with van der Waals surface area (Å²) in [6.45, 7) is 0. The lowest BCUT2D eigenvalue weighted by Gasteiger charge is -2.11. The standard InChI is InChI=1S/C16H17ClO2/c1-19-16-7-5-12(6-8-16)10-15(18)11-13-3-2-4-14(17)9-13/h2-9,15,18H,10-11H2,1H3. The fraction of sp³-hybridized carbons (Fsp3) is 0.250. The number of hydrogen-bond donors (Lipinski definition) is 1. The van der Waals surface area contributed by atoms with Crippen molar-refractivity contribution in [3.63, 3.8) is 0 Å². The number of aliphatic hydroxyl groups excluding tert-OH is 1. The van der Waals surface area contributed by atoms with Crippen molar-refractivity contribution in [1.82, 2.24) is 0 Å². The molecule has 3 heteroatoms. The summed E-state index contributed by atoms with van der Waals surface area (Å²) in [5, 5.41) is 10.8. The summed E-state index contributed by atoms with van der Waals surface area (Å²) < 4.78 is 5.11. The van der Waals surface area contributed by atoms with E-state index in [9.17, 15) is 5.11 Å². The van der Waals surface area contributed by atoms with Crippen molar-refractivity contribution in [3.8, 4) is 5.75 Å². The maximum absolute atomic E-state index is 10.1. The van der Waals surface area contributed by atoms with Crippen LogP contribution < -0.4 is 4.74 Å². The molecular formula is C16H17ClO2. The van der Waals surface area contributed by atoms with Gasteiger partial charge in [-0.2, -0.15) is 0 Å². The number of rotatable bonds is 5. The minimum Gasteiger partial charge on any atom is -0.497 e. The molecule has 0 saturated heterocycles. The minimum atomic E-state index is -0.410. The monoisotopic (exact) mass is 276 g/mol. The Morgan fingerprint density at radius 3 is 2.37 bits per heavy atom. The van der Waals surface area contributed by atoms with E-state index < -0.39 is 6.10 Å². The number of methoxy groups -OCH3 is 1. The second-order valence-corrected chi connectivity index (χ2v) is 4.98. The topological polar surface area (TPSA) is 29.5 Å². The number of aliphatic hydroxyl groups is 1. The first kappa shape index (κ1) is 13.9. The second kappa shape index (κ2) is 6.60. The van der Waals surface area contributed by atoms with E-state index in [1.807, 2.05) is 48.5 Å². The van der Waals surface area contributed by atoms with Crippen molar-refractivity contribution in [1.29, 1.82) is 0 Å². The molecule has 0 aliphatic heterocycles. The van der Waals surface area contributed by atoms with E-state index in [1.54, 1.807) is 7.11 Å². The fourth-order valence-electron chi connectivity index (χ4n) is 2.04. The number of halogens is 1. The van der Waals surface area contributed by atoms with Crippen LogP contribution in [0.3, 0.4) is 0 Å². The summed E-state index contributed by atoms with van der Waals surface area (Å²) in [6, 6.07) is 15.4. The van der Waals surface area contributed by atoms with E-state index >= 15 is 0 Å². The van der Waals surface area contributed by atoms with E-state index in [0.29, 0.717) is 17.9 Å². The first-order valence-electron chi connectivity index (χ1n) is 6.23. The molecule has 2 nitrogen and oxygen atoms in total. The van der Waals surface area contributed by atoms with E-state index in [1.165, 1.54) is 0 Å². The predicted molar refractivity (Wildman–Crippen MR) is 77.9 cm³/mol. The molecular weight excluding hydrogens is 260 g/mol. The van der Waals surface area contributed by atoms with Crippen molar-refractivity contribution >= 4 is 11.6 Å². The smallest absolute Gasteiger partial charge is 0.118 e. The Hall–Kier alpha value is -1.51. The van der Waals surface area contributed by atoms with Crippen molar-refractivity contribution in [2.24, 2.45) is 0 Å². The zero-order valence-electron chi connectivity index (χ0n) is 10.8. The largest absolute Gasteiger partial charge is 0.497 e. The highest BCUT2D eigenvalue weighted by Crippen LogP contribution is 2.16. The average Bonchev–Trinajstić information content (AvgIpc) is 2.39. The summed E-state index contributed by atoms with van der Waals surface area (Å²) in [5.41, 5.74) is 2.14. The molecule has 1 unspecified atom stereocenters. The van der Waals surface area contributed by atoms with E-state index in [-0.39, 0.29) is 0 Å². The Morgan fingerprint density at radius 2 is 1.74 bits per heavy atom. The van der Waals surface area contributed by atoms with E-state index in [4.69, 9.17) is 16.3 Å². The Morgan fingerprint density at radius 1 is 1.05 bits per heavy atom. The van der Waals surface area contributed by atoms with Crippen molar-refractivity contribution in [3.05, 3.63) is 64.7 Å². The molecule has 2 aromatic carbocycles. The Labute approximate surface area is 118 Å². The van der Waals surface area contributed by atoms with Gasteiger partial charge in [0, 0.05) is 5.02 Å². The molecule has 100 valence electrons. The summed E-state index contributed by atoms with van der Waals surface area (Å²) in [6.07, 6.45) is 0.815. The minimum absolute atomic E-state index is 0.410. The van der Waals surface area contributed by atoms with Crippen LogP contribution >= 0.6 is 11.6 Å². The Kier molecular flexibility index (Phi) is 4.83. The molecule has 0 aliphatic carbocycles. The van der Waals surface area contributed by atoms with Crippen LogP contribution in [0.15, 0.2) is 48.5 Å². The maximum Gasteiger partial charge on any atom is 0.118 e. The Bertz CT molecular complexity index is 523. The van der Waals surface area contributed by atoms with Gasteiger partial charge in [0.15, 0.2) is 0 Å². The SMILES string of the molecule is COc1ccc(CC(O)Cc2cccc(Cl)c2)cc1. The van der Waals surface area contributed by atoms with Gasteiger partial charge >= 0.3 is 0 Å². The highest BCUT2D eigenvalue weighted by molar-refractivity contribution is 6.30. The number of benzene rings is 2. The van der Waals surface area contributed by atoms with Gasteiger partial charge in [-0.05, 0) is 48.2 Å². The van der Waals surface area contributed by atoms with Gasteiger partial charge in [0.25, 0.3) is 0 Å². The molecule has 0 aliphatic rings. The second-order valence-electron chi connectivity index (χ2n) is 4.54. The highest BCUT2D eigenvalue weighted by Gasteiger charge is 2.07. The molecule has 2 aromatic rings. The molecule has 0 heterocycles. The van der Waals surface area contributed by atoms with Gasteiger partial charge < -0.3 is 9.84 Å². The van der Waals surface area contributed by atoms with Gasteiger partial charge in [-0.25, -0.2) is 0 Å². The predicted octanol–water partition coefficient (Wildman–Crippen LogP) is 3.49. The zero-order valence-corrected chi connectivity index (χ0v) is 11.6. The van der Waals surface area contributed by atoms with Crippen LogP contribution in [0.2, 0.25) is 5.02 Å². The van der Waals surface area contributed by atoms with Crippen molar-refractivity contribution < 1.29 is 9.84 Å². The van der Waals surface area contributed by atoms with Gasteiger partial charge in [0.1, 0.15) is 5.75 Å². The molecule has 0 bridgehead atoms. The molecule has 0 radical (unpaired) electrons. The third kappa shape index (κ3) is 4.27. The summed E-state index contributed by atoms with van der Waals surface area (Å²) >= 11 is 5.93. The molecule has 19 heavy (non-hydrogen) atoms. The van der Waals surface area contributed by atoms with Crippen LogP contribution in [0.1, 0.15) is 11.1 Å². The molecule has 2 rings (SSSR count). The molecule has 0 fully saturated rings. The molecule has 1 atom stereocenters. The first-order chi connectivity index (χ1) is 9.17. The molecule has 0 aromatic heterocycles. The van der Waals surface area contributed by atoms with Gasteiger partial charge in [-0.1, -0.05) is 35.9 Å². The van der Waals surface area contributed by atoms with Gasteiger partial charge in [0.2, 0.25) is 0 Å². The lowest BCUT2D eigenvalue weighted by Crippen LogP contribution is -2.13. The number of hydrogen-bond acceptors (Lipinski definition) is 2. The summed E-state index contributed by atoms with van der Waals surface area (Å²) in [7, 11) is 1.64. The van der Waals surface area contributed by atoms with Crippen LogP contribution in [0.4, 0.5) is 0 Å². The quantitative estimate of drug-likeness (QED) is 0.906. The van der Waals surface area contributed by atoms with Crippen LogP contribution in [-0.2, 0) is 12.8 Å². The lowest BCUT2D eigenvalue weighted by atomic mass is 10.0. The van der Waals surface area contributed by atoms with Crippen LogP contribution in [0, 0.1) is 0 Å². The highest BCUT2D eigenvalue weighted by atomic mass is 35.5. The summed E-state index contributed by atoms with van der Waals surface area (Å²) in [4.78, 5) is 0. The van der Waals surface area contributed by atoms with Crippen LogP contribution in [0.5, 0.6) is 5.75 Å². The fourth-order valence-corrected chi connectivity index (χ4v) is 2.25. The third-order valence-electron chi connectivity index (χ3n) is 2.99. The zero-order chi connectivity index (χ0) is 13.7. The number of ether oxygens (including phenoxy) is 1. The van der Waals surface area contributed by atoms with Gasteiger partial charge in [-0.15, -0.1) is 0 Å². The average molecular weight is 277 g/mol. The van der Waals surface area contributed by atoms with Gasteiger partial charge in [-0.3, -0.25) is 0 Å². The van der Waals surface area contributed by atoms with E-state index in [2.05, 4.69) is 0 Å². The maximum atomic E-state index is 10.1. The molecule has 0 amide bonds. The molecule has 0 saturated carbocycles. The summed E-state index contributed by atoms with van der Waals surface area (Å²) in [5.74, 6) is 0.827. The first-order valence-corrected chi connectivity index (χ1v) is 6.60.